The van der Waals surface area contributed by atoms with Gasteiger partial charge >= 0.3 is 0 Å². The van der Waals surface area contributed by atoms with E-state index < -0.39 is 0 Å². The molecule has 0 spiro atoms. The van der Waals surface area contributed by atoms with Crippen LogP contribution in [0.5, 0.6) is 0 Å². The van der Waals surface area contributed by atoms with Gasteiger partial charge in [-0.15, -0.1) is 0 Å². The Bertz CT molecular complexity index is 683. The number of rotatable bonds is 2. The van der Waals surface area contributed by atoms with Crippen molar-refractivity contribution in [1.29, 1.82) is 0 Å². The Kier molecular flexibility index (Phi) is 2.94. The summed E-state index contributed by atoms with van der Waals surface area (Å²) in [4.78, 5) is 4.62. The van der Waals surface area contributed by atoms with E-state index in [1.165, 1.54) is 0 Å². The lowest BCUT2D eigenvalue weighted by molar-refractivity contribution is -0.585. The molecule has 0 saturated heterocycles. The zero-order chi connectivity index (χ0) is 12.4. The second kappa shape index (κ2) is 4.74. The number of hydrogen-bond donors (Lipinski definition) is 0. The van der Waals surface area contributed by atoms with Crippen molar-refractivity contribution < 1.29 is 4.52 Å². The summed E-state index contributed by atoms with van der Waals surface area (Å²) in [7, 11) is 0. The van der Waals surface area contributed by atoms with E-state index in [0.717, 1.165) is 21.9 Å². The predicted octanol–water partition coefficient (Wildman–Crippen LogP) is 2.60. The SMILES string of the molecule is CSc1nc(-c2ccccc2)c2cccc[n+]2n1. The maximum absolute atomic E-state index is 4.62. The van der Waals surface area contributed by atoms with Crippen LogP contribution in [0.25, 0.3) is 16.8 Å². The van der Waals surface area contributed by atoms with Gasteiger partial charge in [-0.2, -0.15) is 0 Å². The van der Waals surface area contributed by atoms with Crippen LogP contribution in [0.3, 0.4) is 0 Å². The van der Waals surface area contributed by atoms with Gasteiger partial charge in [0.2, 0.25) is 6.20 Å². The van der Waals surface area contributed by atoms with Gasteiger partial charge in [0.25, 0.3) is 10.7 Å². The molecule has 0 N–H and O–H groups in total. The summed E-state index contributed by atoms with van der Waals surface area (Å²) >= 11 is 1.55. The Labute approximate surface area is 110 Å². The van der Waals surface area contributed by atoms with E-state index in [1.54, 1.807) is 11.8 Å². The summed E-state index contributed by atoms with van der Waals surface area (Å²) in [6, 6.07) is 16.2. The maximum Gasteiger partial charge on any atom is 0.264 e. The first kappa shape index (κ1) is 11.2. The first-order valence-corrected chi connectivity index (χ1v) is 6.89. The fourth-order valence-corrected chi connectivity index (χ4v) is 2.22. The molecule has 0 amide bonds. The lowest BCUT2D eigenvalue weighted by atomic mass is 10.1. The van der Waals surface area contributed by atoms with E-state index in [0.29, 0.717) is 0 Å². The van der Waals surface area contributed by atoms with Crippen molar-refractivity contribution in [2.45, 2.75) is 5.16 Å². The molecule has 0 unspecified atom stereocenters. The predicted molar refractivity (Wildman–Crippen MR) is 72.4 cm³/mol. The van der Waals surface area contributed by atoms with Crippen LogP contribution < -0.4 is 4.52 Å². The van der Waals surface area contributed by atoms with Crippen LogP contribution >= 0.6 is 11.8 Å². The van der Waals surface area contributed by atoms with Crippen LogP contribution in [0.4, 0.5) is 0 Å². The third-order valence-corrected chi connectivity index (χ3v) is 3.25. The molecular formula is C14H12N3S+. The van der Waals surface area contributed by atoms with Crippen molar-refractivity contribution in [2.75, 3.05) is 6.26 Å². The monoisotopic (exact) mass is 254 g/mol. The minimum atomic E-state index is 0.776. The van der Waals surface area contributed by atoms with Crippen LogP contribution in [0.2, 0.25) is 0 Å². The summed E-state index contributed by atoms with van der Waals surface area (Å²) < 4.78 is 1.88. The molecule has 0 aliphatic carbocycles. The van der Waals surface area contributed by atoms with Gasteiger partial charge < -0.3 is 0 Å². The van der Waals surface area contributed by atoms with Crippen LogP contribution in [-0.2, 0) is 0 Å². The molecule has 18 heavy (non-hydrogen) atoms. The van der Waals surface area contributed by atoms with E-state index >= 15 is 0 Å². The molecule has 0 atom stereocenters. The van der Waals surface area contributed by atoms with E-state index in [9.17, 15) is 0 Å². The molecule has 0 bridgehead atoms. The van der Waals surface area contributed by atoms with Gasteiger partial charge in [0.1, 0.15) is 5.69 Å². The second-order valence-electron chi connectivity index (χ2n) is 3.84. The van der Waals surface area contributed by atoms with Crippen LogP contribution in [0.1, 0.15) is 0 Å². The maximum atomic E-state index is 4.62. The number of hydrogen-bond acceptors (Lipinski definition) is 3. The fourth-order valence-electron chi connectivity index (χ4n) is 1.87. The quantitative estimate of drug-likeness (QED) is 0.520. The highest BCUT2D eigenvalue weighted by molar-refractivity contribution is 7.98. The van der Waals surface area contributed by atoms with Crippen LogP contribution in [0, 0.1) is 0 Å². The zero-order valence-electron chi connectivity index (χ0n) is 9.95. The molecule has 0 fully saturated rings. The third kappa shape index (κ3) is 1.95. The molecule has 0 radical (unpaired) electrons. The van der Waals surface area contributed by atoms with Crippen LogP contribution in [0.15, 0.2) is 59.9 Å². The molecule has 2 heterocycles. The minimum absolute atomic E-state index is 0.776. The molecular weight excluding hydrogens is 242 g/mol. The molecule has 4 heteroatoms. The second-order valence-corrected chi connectivity index (χ2v) is 4.62. The Morgan fingerprint density at radius 3 is 2.56 bits per heavy atom. The molecule has 3 aromatic rings. The average molecular weight is 254 g/mol. The number of nitrogens with zero attached hydrogens (tertiary/aromatic N) is 3. The van der Waals surface area contributed by atoms with Gasteiger partial charge in [-0.3, -0.25) is 0 Å². The minimum Gasteiger partial charge on any atom is -0.210 e. The molecule has 3 nitrogen and oxygen atoms in total. The van der Waals surface area contributed by atoms with E-state index in [2.05, 4.69) is 22.2 Å². The van der Waals surface area contributed by atoms with Crippen molar-refractivity contribution in [3.63, 3.8) is 0 Å². The van der Waals surface area contributed by atoms with Gasteiger partial charge in [0, 0.05) is 22.8 Å². The number of thioether (sulfide) groups is 1. The summed E-state index contributed by atoms with van der Waals surface area (Å²) in [5.74, 6) is 0. The first-order valence-electron chi connectivity index (χ1n) is 5.66. The summed E-state index contributed by atoms with van der Waals surface area (Å²) in [5.41, 5.74) is 3.09. The van der Waals surface area contributed by atoms with Crippen molar-refractivity contribution >= 4 is 17.3 Å². The molecule has 1 aromatic carbocycles. The Morgan fingerprint density at radius 2 is 1.78 bits per heavy atom. The van der Waals surface area contributed by atoms with E-state index in [-0.39, 0.29) is 0 Å². The topological polar surface area (TPSA) is 29.9 Å². The molecule has 3 rings (SSSR count). The summed E-state index contributed by atoms with van der Waals surface area (Å²) in [5, 5.41) is 5.22. The lowest BCUT2D eigenvalue weighted by Gasteiger charge is -2.01. The average Bonchev–Trinajstić information content (AvgIpc) is 2.47. The Morgan fingerprint density at radius 1 is 1.00 bits per heavy atom. The number of pyridine rings is 1. The smallest absolute Gasteiger partial charge is 0.210 e. The molecule has 2 aromatic heterocycles. The number of benzene rings is 1. The van der Waals surface area contributed by atoms with Crippen LogP contribution in [-0.4, -0.2) is 16.3 Å². The highest BCUT2D eigenvalue weighted by Crippen LogP contribution is 2.21. The highest BCUT2D eigenvalue weighted by atomic mass is 32.2. The number of aromatic nitrogens is 3. The van der Waals surface area contributed by atoms with Crippen molar-refractivity contribution in [2.24, 2.45) is 0 Å². The van der Waals surface area contributed by atoms with Gasteiger partial charge in [0.05, 0.1) is 0 Å². The molecule has 0 aliphatic rings. The number of fused-ring (bicyclic) bond motifs is 1. The largest absolute Gasteiger partial charge is 0.264 e. The lowest BCUT2D eigenvalue weighted by Crippen LogP contribution is -2.28. The van der Waals surface area contributed by atoms with Crippen molar-refractivity contribution in [1.82, 2.24) is 10.1 Å². The first-order chi connectivity index (χ1) is 8.88. The third-order valence-electron chi connectivity index (χ3n) is 2.71. The van der Waals surface area contributed by atoms with Gasteiger partial charge in [-0.25, -0.2) is 4.98 Å². The molecule has 88 valence electrons. The van der Waals surface area contributed by atoms with Gasteiger partial charge in [-0.05, 0) is 16.8 Å². The molecule has 0 saturated carbocycles. The molecule has 0 aliphatic heterocycles. The Balaban J connectivity index is 2.33. The normalized spacial score (nSPS) is 10.7. The summed E-state index contributed by atoms with van der Waals surface area (Å²) in [6.45, 7) is 0. The van der Waals surface area contributed by atoms with E-state index in [1.807, 2.05) is 53.4 Å². The highest BCUT2D eigenvalue weighted by Gasteiger charge is 2.15. The van der Waals surface area contributed by atoms with E-state index in [4.69, 9.17) is 0 Å². The summed E-state index contributed by atoms with van der Waals surface area (Å²) in [6.07, 6.45) is 3.93. The standard InChI is InChI=1S/C14H12N3S/c1-18-14-15-13(11-7-3-2-4-8-11)12-9-5-6-10-17(12)16-14/h2-10H,1H3/q+1. The zero-order valence-corrected chi connectivity index (χ0v) is 10.8. The van der Waals surface area contributed by atoms with Crippen molar-refractivity contribution in [3.05, 3.63) is 54.7 Å². The van der Waals surface area contributed by atoms with Crippen molar-refractivity contribution in [3.8, 4) is 11.3 Å². The fraction of sp³-hybridized carbons (Fsp3) is 0.0714. The van der Waals surface area contributed by atoms with Gasteiger partial charge in [-0.1, -0.05) is 42.1 Å². The Hall–Kier alpha value is -1.94. The van der Waals surface area contributed by atoms with Gasteiger partial charge in [0.15, 0.2) is 0 Å².